The Morgan fingerprint density at radius 2 is 1.92 bits per heavy atom. The van der Waals surface area contributed by atoms with E-state index in [1.807, 2.05) is 5.32 Å². The Bertz CT molecular complexity index is 1350. The fraction of sp³-hybridized carbons (Fsp3) is 0.190. The minimum absolute atomic E-state index is 0.0429. The number of benzene rings is 1. The van der Waals surface area contributed by atoms with E-state index in [9.17, 15) is 37.0 Å². The van der Waals surface area contributed by atoms with Gasteiger partial charge in [-0.1, -0.05) is 11.2 Å². The normalized spacial score (nSPS) is 14.3. The number of amides is 1. The summed E-state index contributed by atoms with van der Waals surface area (Å²) >= 11 is 0. The van der Waals surface area contributed by atoms with Gasteiger partial charge in [-0.15, -0.1) is 0 Å². The van der Waals surface area contributed by atoms with Gasteiger partial charge in [-0.05, 0) is 12.1 Å². The van der Waals surface area contributed by atoms with Gasteiger partial charge in [-0.25, -0.2) is 18.7 Å². The van der Waals surface area contributed by atoms with Crippen LogP contribution < -0.4 is 16.8 Å². The molecule has 0 saturated carbocycles. The van der Waals surface area contributed by atoms with Crippen LogP contribution in [-0.2, 0) is 11.3 Å². The van der Waals surface area contributed by atoms with Crippen LogP contribution in [0.5, 0.6) is 5.75 Å². The Hall–Kier alpha value is -4.60. The molecule has 1 aromatic carbocycles. The van der Waals surface area contributed by atoms with Crippen LogP contribution in [-0.4, -0.2) is 55.3 Å². The lowest BCUT2D eigenvalue weighted by atomic mass is 10.0. The number of hydrogen-bond donors (Lipinski definition) is 5. The average Bonchev–Trinajstić information content (AvgIpc) is 3.35. The topological polar surface area (TPSA) is 186 Å². The highest BCUT2D eigenvalue weighted by atomic mass is 19.4. The number of primary amides is 1. The molecular weight excluding hydrogens is 509 g/mol. The lowest BCUT2D eigenvalue weighted by molar-refractivity contribution is -0.245. The van der Waals surface area contributed by atoms with Crippen molar-refractivity contribution in [3.8, 4) is 5.75 Å². The summed E-state index contributed by atoms with van der Waals surface area (Å²) < 4.78 is 72.2. The molecule has 0 fully saturated rings. The molecule has 16 heteroatoms. The van der Waals surface area contributed by atoms with Crippen LogP contribution in [0.1, 0.15) is 17.1 Å². The molecule has 3 aromatic rings. The number of phenols is 1. The second-order valence-electron chi connectivity index (χ2n) is 7.43. The zero-order valence-corrected chi connectivity index (χ0v) is 18.5. The maximum atomic E-state index is 14.1. The molecule has 0 radical (unpaired) electrons. The van der Waals surface area contributed by atoms with Crippen LogP contribution in [0, 0.1) is 11.6 Å². The summed E-state index contributed by atoms with van der Waals surface area (Å²) in [4.78, 5) is 22.7. The van der Waals surface area contributed by atoms with E-state index in [0.29, 0.717) is 6.20 Å². The first-order valence-corrected chi connectivity index (χ1v) is 10.1. The fourth-order valence-electron chi connectivity index (χ4n) is 2.76. The fourth-order valence-corrected chi connectivity index (χ4v) is 2.76. The first kappa shape index (κ1) is 27.0. The lowest BCUT2D eigenvalue weighted by Gasteiger charge is -2.27. The molecule has 7 N–H and O–H groups in total. The van der Waals surface area contributed by atoms with Crippen molar-refractivity contribution in [2.75, 3.05) is 11.9 Å². The van der Waals surface area contributed by atoms with E-state index in [-0.39, 0.29) is 40.8 Å². The van der Waals surface area contributed by atoms with Gasteiger partial charge in [-0.2, -0.15) is 13.2 Å². The van der Waals surface area contributed by atoms with E-state index in [1.165, 1.54) is 30.5 Å². The summed E-state index contributed by atoms with van der Waals surface area (Å²) in [6.07, 6.45) is -2.49. The SMILES string of the molecule is NC(=O)[C@](O)(CNc1nc(C(N)=CC(=NCc2ccc(O)cc2F)c2ccon2)ncc1F)C(F)(F)F. The van der Waals surface area contributed by atoms with Crippen LogP contribution in [0.25, 0.3) is 5.70 Å². The van der Waals surface area contributed by atoms with Gasteiger partial charge >= 0.3 is 6.18 Å². The molecule has 0 unspecified atom stereocenters. The van der Waals surface area contributed by atoms with E-state index < -0.39 is 41.7 Å². The highest BCUT2D eigenvalue weighted by Crippen LogP contribution is 2.30. The van der Waals surface area contributed by atoms with Gasteiger partial charge < -0.3 is 31.5 Å². The van der Waals surface area contributed by atoms with Gasteiger partial charge in [0.2, 0.25) is 0 Å². The van der Waals surface area contributed by atoms with Gasteiger partial charge in [0, 0.05) is 17.7 Å². The number of halogens is 5. The number of phenolic OH excluding ortho intramolecular Hbond substituents is 1. The summed E-state index contributed by atoms with van der Waals surface area (Å²) in [5, 5.41) is 24.6. The van der Waals surface area contributed by atoms with E-state index in [0.717, 1.165) is 6.07 Å². The number of aromatic nitrogens is 3. The van der Waals surface area contributed by atoms with Crippen LogP contribution in [0.15, 0.2) is 52.3 Å². The summed E-state index contributed by atoms with van der Waals surface area (Å²) in [6.45, 7) is -1.77. The van der Waals surface area contributed by atoms with Crippen molar-refractivity contribution in [1.82, 2.24) is 15.1 Å². The summed E-state index contributed by atoms with van der Waals surface area (Å²) in [6, 6.07) is 4.85. The third kappa shape index (κ3) is 6.16. The molecule has 2 aromatic heterocycles. The maximum Gasteiger partial charge on any atom is 0.428 e. The molecule has 196 valence electrons. The van der Waals surface area contributed by atoms with Crippen molar-refractivity contribution in [2.45, 2.75) is 18.3 Å². The summed E-state index contributed by atoms with van der Waals surface area (Å²) in [7, 11) is 0. The molecule has 0 bridgehead atoms. The molecule has 1 amide bonds. The minimum atomic E-state index is -5.46. The van der Waals surface area contributed by atoms with Crippen molar-refractivity contribution in [2.24, 2.45) is 16.5 Å². The highest BCUT2D eigenvalue weighted by molar-refractivity contribution is 6.10. The standard InChI is InChI=1S/C21H18F5N7O4/c22-12-5-11(34)2-1-10(12)7-29-16(15-3-4-37-33-15)6-14(27)18-30-8-13(23)17(32-18)31-9-20(36,19(28)35)21(24,25)26/h1-6,8,34,36H,7,9,27H2,(H2,28,35)(H,30,31,32)/t20-/m1/s1. The maximum absolute atomic E-state index is 14.1. The van der Waals surface area contributed by atoms with Crippen LogP contribution >= 0.6 is 0 Å². The summed E-state index contributed by atoms with van der Waals surface area (Å²) in [5.41, 5.74) is 6.66. The molecule has 0 saturated heterocycles. The average molecular weight is 527 g/mol. The second kappa shape index (κ2) is 10.6. The number of carbonyl (C=O) groups is 1. The van der Waals surface area contributed by atoms with Gasteiger partial charge in [0.05, 0.1) is 30.7 Å². The van der Waals surface area contributed by atoms with Gasteiger partial charge in [-0.3, -0.25) is 9.79 Å². The number of rotatable bonds is 9. The Labute approximate surface area is 204 Å². The lowest BCUT2D eigenvalue weighted by Crippen LogP contribution is -2.59. The first-order valence-electron chi connectivity index (χ1n) is 10.1. The smallest absolute Gasteiger partial charge is 0.428 e. The van der Waals surface area contributed by atoms with E-state index in [4.69, 9.17) is 10.3 Å². The molecular formula is C21H18F5N7O4. The van der Waals surface area contributed by atoms with Gasteiger partial charge in [0.25, 0.3) is 11.5 Å². The molecule has 37 heavy (non-hydrogen) atoms. The van der Waals surface area contributed by atoms with Crippen molar-refractivity contribution in [3.05, 3.63) is 71.5 Å². The number of anilines is 1. The third-order valence-corrected chi connectivity index (χ3v) is 4.84. The largest absolute Gasteiger partial charge is 0.508 e. The number of allylic oxidation sites excluding steroid dienone is 1. The zero-order valence-electron chi connectivity index (χ0n) is 18.5. The monoisotopic (exact) mass is 527 g/mol. The van der Waals surface area contributed by atoms with Crippen molar-refractivity contribution >= 4 is 23.1 Å². The molecule has 2 heterocycles. The molecule has 0 aliphatic carbocycles. The van der Waals surface area contributed by atoms with Crippen LogP contribution in [0.3, 0.4) is 0 Å². The number of alkyl halides is 3. The van der Waals surface area contributed by atoms with Crippen molar-refractivity contribution in [3.63, 3.8) is 0 Å². The molecule has 0 spiro atoms. The Kier molecular flexibility index (Phi) is 7.71. The Morgan fingerprint density at radius 3 is 2.51 bits per heavy atom. The number of aliphatic imine (C=N–C) groups is 1. The Morgan fingerprint density at radius 1 is 1.19 bits per heavy atom. The number of hydrogen-bond acceptors (Lipinski definition) is 10. The summed E-state index contributed by atoms with van der Waals surface area (Å²) in [5.74, 6) is -5.55. The van der Waals surface area contributed by atoms with Crippen LogP contribution in [0.2, 0.25) is 0 Å². The van der Waals surface area contributed by atoms with E-state index in [1.54, 1.807) is 0 Å². The number of nitrogens with zero attached hydrogens (tertiary/aromatic N) is 4. The van der Waals surface area contributed by atoms with Crippen molar-refractivity contribution < 1.29 is 41.5 Å². The zero-order chi connectivity index (χ0) is 27.4. The van der Waals surface area contributed by atoms with E-state index in [2.05, 4.69) is 25.9 Å². The predicted octanol–water partition coefficient (Wildman–Crippen LogP) is 1.63. The van der Waals surface area contributed by atoms with Gasteiger partial charge in [0.1, 0.15) is 23.5 Å². The number of carbonyl (C=O) groups excluding carboxylic acids is 1. The molecule has 11 nitrogen and oxygen atoms in total. The molecule has 3 rings (SSSR count). The predicted molar refractivity (Wildman–Crippen MR) is 118 cm³/mol. The number of nitrogens with two attached hydrogens (primary N) is 2. The Balaban J connectivity index is 1.91. The number of aliphatic hydroxyl groups is 1. The second-order valence-corrected chi connectivity index (χ2v) is 7.43. The minimum Gasteiger partial charge on any atom is -0.508 e. The van der Waals surface area contributed by atoms with Crippen LogP contribution in [0.4, 0.5) is 27.8 Å². The first-order chi connectivity index (χ1) is 17.3. The molecule has 1 atom stereocenters. The quantitative estimate of drug-likeness (QED) is 0.204. The number of aromatic hydroxyl groups is 1. The third-order valence-electron chi connectivity index (χ3n) is 4.84. The highest BCUT2D eigenvalue weighted by Gasteiger charge is 2.58. The molecule has 0 aliphatic rings. The van der Waals surface area contributed by atoms with Gasteiger partial charge in [0.15, 0.2) is 17.5 Å². The van der Waals surface area contributed by atoms with E-state index >= 15 is 0 Å². The number of nitrogens with one attached hydrogen (secondary N) is 1. The molecule has 0 aliphatic heterocycles. The van der Waals surface area contributed by atoms with Crippen molar-refractivity contribution in [1.29, 1.82) is 0 Å².